The molecule has 18 heavy (non-hydrogen) atoms. The summed E-state index contributed by atoms with van der Waals surface area (Å²) in [5.74, 6) is -5.07. The molecule has 0 fully saturated rings. The van der Waals surface area contributed by atoms with Gasteiger partial charge >= 0.3 is 0 Å². The number of aryl methyl sites for hydroxylation is 1. The van der Waals surface area contributed by atoms with E-state index in [0.29, 0.717) is 16.6 Å². The van der Waals surface area contributed by atoms with Crippen molar-refractivity contribution in [1.29, 1.82) is 0 Å². The summed E-state index contributed by atoms with van der Waals surface area (Å²) in [5, 5.41) is 3.81. The van der Waals surface area contributed by atoms with Crippen LogP contribution in [0.25, 0.3) is 0 Å². The van der Waals surface area contributed by atoms with E-state index in [1.165, 1.54) is 17.9 Å². The van der Waals surface area contributed by atoms with Gasteiger partial charge in [-0.1, -0.05) is 0 Å². The predicted molar refractivity (Wildman–Crippen MR) is 60.7 cm³/mol. The van der Waals surface area contributed by atoms with Gasteiger partial charge in [-0.2, -0.15) is 5.10 Å². The van der Waals surface area contributed by atoms with Gasteiger partial charge in [0.2, 0.25) is 5.78 Å². The summed E-state index contributed by atoms with van der Waals surface area (Å²) in [6, 6.07) is 1.31. The van der Waals surface area contributed by atoms with Crippen LogP contribution in [-0.4, -0.2) is 15.6 Å². The van der Waals surface area contributed by atoms with Gasteiger partial charge in [-0.15, -0.1) is 0 Å². The number of hydrogen-bond donors (Lipinski definition) is 0. The first kappa shape index (κ1) is 12.8. The molecule has 0 unspecified atom stereocenters. The fourth-order valence-electron chi connectivity index (χ4n) is 1.49. The van der Waals surface area contributed by atoms with Gasteiger partial charge in [-0.05, 0) is 28.1 Å². The minimum Gasteiger partial charge on any atom is -0.287 e. The van der Waals surface area contributed by atoms with Crippen molar-refractivity contribution in [2.45, 2.75) is 0 Å². The Morgan fingerprint density at radius 3 is 2.28 bits per heavy atom. The first-order valence-electron chi connectivity index (χ1n) is 4.78. The second-order valence-corrected chi connectivity index (χ2v) is 4.40. The fraction of sp³-hybridized carbons (Fsp3) is 0.0909. The fourth-order valence-corrected chi connectivity index (χ4v) is 2.02. The zero-order valence-electron chi connectivity index (χ0n) is 9.05. The minimum atomic E-state index is -1.60. The van der Waals surface area contributed by atoms with Crippen LogP contribution in [0.5, 0.6) is 0 Å². The number of ketones is 1. The molecule has 0 saturated carbocycles. The second-order valence-electron chi connectivity index (χ2n) is 3.55. The van der Waals surface area contributed by atoms with Crippen molar-refractivity contribution >= 4 is 21.7 Å². The van der Waals surface area contributed by atoms with Crippen LogP contribution in [0, 0.1) is 17.5 Å². The highest BCUT2D eigenvalue weighted by Gasteiger charge is 2.20. The SMILES string of the molecule is Cn1ncc(Br)c1C(=O)c1cc(F)c(F)c(F)c1. The summed E-state index contributed by atoms with van der Waals surface area (Å²) in [6.45, 7) is 0. The molecule has 0 N–H and O–H groups in total. The lowest BCUT2D eigenvalue weighted by molar-refractivity contribution is 0.102. The smallest absolute Gasteiger partial charge is 0.212 e. The maximum Gasteiger partial charge on any atom is 0.212 e. The van der Waals surface area contributed by atoms with Crippen LogP contribution in [0.4, 0.5) is 13.2 Å². The molecule has 1 aromatic carbocycles. The molecule has 7 heteroatoms. The number of carbonyl (C=O) groups is 1. The number of aromatic nitrogens is 2. The zero-order valence-corrected chi connectivity index (χ0v) is 10.6. The zero-order chi connectivity index (χ0) is 13.4. The van der Waals surface area contributed by atoms with E-state index in [9.17, 15) is 18.0 Å². The molecule has 0 aliphatic rings. The van der Waals surface area contributed by atoms with Gasteiger partial charge < -0.3 is 0 Å². The van der Waals surface area contributed by atoms with Gasteiger partial charge in [0.15, 0.2) is 17.5 Å². The lowest BCUT2D eigenvalue weighted by atomic mass is 10.1. The first-order chi connectivity index (χ1) is 8.41. The lowest BCUT2D eigenvalue weighted by Gasteiger charge is -2.04. The van der Waals surface area contributed by atoms with Crippen molar-refractivity contribution in [3.63, 3.8) is 0 Å². The Balaban J connectivity index is 2.54. The molecule has 2 rings (SSSR count). The molecule has 0 bridgehead atoms. The molecule has 0 amide bonds. The molecular weight excluding hydrogens is 313 g/mol. The van der Waals surface area contributed by atoms with Crippen LogP contribution in [0.15, 0.2) is 22.8 Å². The normalized spacial score (nSPS) is 10.7. The summed E-state index contributed by atoms with van der Waals surface area (Å²) < 4.78 is 40.5. The number of nitrogens with zero attached hydrogens (tertiary/aromatic N) is 2. The van der Waals surface area contributed by atoms with Gasteiger partial charge in [0.05, 0.1) is 10.7 Å². The molecule has 1 aromatic heterocycles. The van der Waals surface area contributed by atoms with Crippen molar-refractivity contribution < 1.29 is 18.0 Å². The van der Waals surface area contributed by atoms with E-state index in [0.717, 1.165) is 0 Å². The van der Waals surface area contributed by atoms with Gasteiger partial charge in [-0.25, -0.2) is 13.2 Å². The van der Waals surface area contributed by atoms with Gasteiger partial charge in [0.1, 0.15) is 5.69 Å². The molecule has 0 atom stereocenters. The molecule has 94 valence electrons. The third-order valence-electron chi connectivity index (χ3n) is 2.36. The van der Waals surface area contributed by atoms with E-state index in [4.69, 9.17) is 0 Å². The van der Waals surface area contributed by atoms with Gasteiger partial charge in [-0.3, -0.25) is 9.48 Å². The average Bonchev–Trinajstić information content (AvgIpc) is 2.64. The standard InChI is InChI=1S/C11H6BrF3N2O/c1-17-10(6(12)4-16-17)11(18)5-2-7(13)9(15)8(14)3-5/h2-4H,1H3. The lowest BCUT2D eigenvalue weighted by Crippen LogP contribution is -2.10. The van der Waals surface area contributed by atoms with Crippen LogP contribution in [0.1, 0.15) is 16.1 Å². The Labute approximate surface area is 108 Å². The van der Waals surface area contributed by atoms with Gasteiger partial charge in [0.25, 0.3) is 0 Å². The minimum absolute atomic E-state index is 0.125. The monoisotopic (exact) mass is 318 g/mol. The summed E-state index contributed by atoms with van der Waals surface area (Å²) in [7, 11) is 1.51. The van der Waals surface area contributed by atoms with E-state index >= 15 is 0 Å². The maximum absolute atomic E-state index is 13.0. The number of carbonyl (C=O) groups excluding carboxylic acids is 1. The highest BCUT2D eigenvalue weighted by Crippen LogP contribution is 2.21. The summed E-state index contributed by atoms with van der Waals surface area (Å²) in [5.41, 5.74) is -0.156. The van der Waals surface area contributed by atoms with Crippen molar-refractivity contribution in [3.8, 4) is 0 Å². The molecular formula is C11H6BrF3N2O. The van der Waals surface area contributed by atoms with Gasteiger partial charge in [0, 0.05) is 12.6 Å². The molecule has 0 aliphatic heterocycles. The topological polar surface area (TPSA) is 34.9 Å². The summed E-state index contributed by atoms with van der Waals surface area (Å²) >= 11 is 3.10. The Morgan fingerprint density at radius 1 is 1.28 bits per heavy atom. The first-order valence-corrected chi connectivity index (χ1v) is 5.58. The number of hydrogen-bond acceptors (Lipinski definition) is 2. The molecule has 2 aromatic rings. The number of halogens is 4. The highest BCUT2D eigenvalue weighted by molar-refractivity contribution is 9.10. The largest absolute Gasteiger partial charge is 0.287 e. The quantitative estimate of drug-likeness (QED) is 0.630. The molecule has 0 saturated heterocycles. The van der Waals surface area contributed by atoms with E-state index < -0.39 is 23.2 Å². The van der Waals surface area contributed by atoms with Crippen molar-refractivity contribution in [1.82, 2.24) is 9.78 Å². The Bertz CT molecular complexity index is 597. The van der Waals surface area contributed by atoms with Crippen molar-refractivity contribution in [3.05, 3.63) is 51.5 Å². The molecule has 0 radical (unpaired) electrons. The second kappa shape index (κ2) is 4.56. The Hall–Kier alpha value is -1.63. The van der Waals surface area contributed by atoms with E-state index in [2.05, 4.69) is 21.0 Å². The third kappa shape index (κ3) is 2.05. The highest BCUT2D eigenvalue weighted by atomic mass is 79.9. The third-order valence-corrected chi connectivity index (χ3v) is 2.94. The molecule has 0 spiro atoms. The Kier molecular flexibility index (Phi) is 3.25. The summed E-state index contributed by atoms with van der Waals surface area (Å²) in [4.78, 5) is 12.0. The number of rotatable bonds is 2. The predicted octanol–water partition coefficient (Wildman–Crippen LogP) is 2.83. The van der Waals surface area contributed by atoms with Crippen LogP contribution in [0.3, 0.4) is 0 Å². The van der Waals surface area contributed by atoms with Crippen LogP contribution in [-0.2, 0) is 7.05 Å². The maximum atomic E-state index is 13.0. The number of benzene rings is 1. The average molecular weight is 319 g/mol. The van der Waals surface area contributed by atoms with Crippen molar-refractivity contribution in [2.24, 2.45) is 7.05 Å². The van der Waals surface area contributed by atoms with Crippen LogP contribution in [0.2, 0.25) is 0 Å². The van der Waals surface area contributed by atoms with E-state index in [-0.39, 0.29) is 11.3 Å². The Morgan fingerprint density at radius 2 is 1.83 bits per heavy atom. The molecule has 3 nitrogen and oxygen atoms in total. The van der Waals surface area contributed by atoms with Crippen LogP contribution >= 0.6 is 15.9 Å². The van der Waals surface area contributed by atoms with Crippen molar-refractivity contribution in [2.75, 3.05) is 0 Å². The summed E-state index contributed by atoms with van der Waals surface area (Å²) in [6.07, 6.45) is 1.38. The van der Waals surface area contributed by atoms with E-state index in [1.807, 2.05) is 0 Å². The molecule has 0 aliphatic carbocycles. The van der Waals surface area contributed by atoms with Crippen LogP contribution < -0.4 is 0 Å². The molecule has 1 heterocycles. The van der Waals surface area contributed by atoms with E-state index in [1.54, 1.807) is 0 Å².